The third-order valence-corrected chi connectivity index (χ3v) is 5.22. The lowest BCUT2D eigenvalue weighted by Gasteiger charge is -2.50. The third kappa shape index (κ3) is 2.82. The SMILES string of the molecule is Cc1cc(Cl)ccc1C(=O)N1CCNCC12CCCCC2. The molecule has 1 spiro atoms. The highest BCUT2D eigenvalue weighted by Gasteiger charge is 2.42. The average molecular weight is 307 g/mol. The fourth-order valence-corrected chi connectivity index (χ4v) is 4.06. The van der Waals surface area contributed by atoms with Gasteiger partial charge in [0, 0.05) is 30.2 Å². The minimum atomic E-state index is 0.0274. The Balaban J connectivity index is 1.90. The van der Waals surface area contributed by atoms with Crippen LogP contribution in [-0.2, 0) is 0 Å². The maximum absolute atomic E-state index is 13.1. The van der Waals surface area contributed by atoms with Crippen LogP contribution in [0.3, 0.4) is 0 Å². The van der Waals surface area contributed by atoms with Crippen molar-refractivity contribution in [1.82, 2.24) is 10.2 Å². The summed E-state index contributed by atoms with van der Waals surface area (Å²) >= 11 is 6.01. The fraction of sp³-hybridized carbons (Fsp3) is 0.588. The molecular weight excluding hydrogens is 284 g/mol. The van der Waals surface area contributed by atoms with Crippen LogP contribution in [0.15, 0.2) is 18.2 Å². The van der Waals surface area contributed by atoms with Crippen LogP contribution < -0.4 is 5.32 Å². The van der Waals surface area contributed by atoms with Crippen molar-refractivity contribution in [3.05, 3.63) is 34.3 Å². The molecule has 1 aromatic carbocycles. The number of halogens is 1. The molecule has 0 unspecified atom stereocenters. The number of hydrogen-bond donors (Lipinski definition) is 1. The summed E-state index contributed by atoms with van der Waals surface area (Å²) in [6.07, 6.45) is 6.00. The van der Waals surface area contributed by atoms with Crippen LogP contribution in [0.5, 0.6) is 0 Å². The van der Waals surface area contributed by atoms with Gasteiger partial charge in [-0.05, 0) is 43.5 Å². The molecule has 4 heteroatoms. The molecule has 1 saturated carbocycles. The van der Waals surface area contributed by atoms with E-state index in [-0.39, 0.29) is 11.4 Å². The van der Waals surface area contributed by atoms with E-state index in [1.807, 2.05) is 25.1 Å². The minimum absolute atomic E-state index is 0.0274. The van der Waals surface area contributed by atoms with Crippen molar-refractivity contribution in [2.75, 3.05) is 19.6 Å². The van der Waals surface area contributed by atoms with Crippen LogP contribution in [0.25, 0.3) is 0 Å². The lowest BCUT2D eigenvalue weighted by molar-refractivity contribution is 0.0222. The molecule has 21 heavy (non-hydrogen) atoms. The molecule has 1 N–H and O–H groups in total. The Morgan fingerprint density at radius 1 is 1.29 bits per heavy atom. The number of hydrogen-bond acceptors (Lipinski definition) is 2. The Kier molecular flexibility index (Phi) is 4.23. The fourth-order valence-electron chi connectivity index (χ4n) is 3.83. The van der Waals surface area contributed by atoms with E-state index in [0.29, 0.717) is 5.02 Å². The number of piperazine rings is 1. The van der Waals surface area contributed by atoms with Gasteiger partial charge in [-0.15, -0.1) is 0 Å². The molecule has 0 atom stereocenters. The first-order chi connectivity index (χ1) is 10.1. The number of nitrogens with zero attached hydrogens (tertiary/aromatic N) is 1. The third-order valence-electron chi connectivity index (χ3n) is 4.99. The summed E-state index contributed by atoms with van der Waals surface area (Å²) in [5.74, 6) is 0.174. The maximum atomic E-state index is 13.1. The molecular formula is C17H23ClN2O. The average Bonchev–Trinajstić information content (AvgIpc) is 2.48. The van der Waals surface area contributed by atoms with Crippen LogP contribution in [0.4, 0.5) is 0 Å². The van der Waals surface area contributed by atoms with Crippen LogP contribution in [0.1, 0.15) is 48.0 Å². The van der Waals surface area contributed by atoms with Gasteiger partial charge in [-0.25, -0.2) is 0 Å². The van der Waals surface area contributed by atoms with Gasteiger partial charge in [0.25, 0.3) is 5.91 Å². The molecule has 114 valence electrons. The molecule has 1 aromatic rings. The van der Waals surface area contributed by atoms with Crippen molar-refractivity contribution in [3.8, 4) is 0 Å². The van der Waals surface area contributed by atoms with Gasteiger partial charge in [0.2, 0.25) is 0 Å². The molecule has 1 amide bonds. The summed E-state index contributed by atoms with van der Waals surface area (Å²) in [6.45, 7) is 4.60. The molecule has 1 saturated heterocycles. The van der Waals surface area contributed by atoms with Crippen LogP contribution in [0, 0.1) is 6.92 Å². The standard InChI is InChI=1S/C17H23ClN2O/c1-13-11-14(18)5-6-15(13)16(21)20-10-9-19-12-17(20)7-3-2-4-8-17/h5-6,11,19H,2-4,7-10,12H2,1H3. The van der Waals surface area contributed by atoms with Crippen molar-refractivity contribution in [3.63, 3.8) is 0 Å². The van der Waals surface area contributed by atoms with Crippen molar-refractivity contribution in [1.29, 1.82) is 0 Å². The molecule has 3 nitrogen and oxygen atoms in total. The summed E-state index contributed by atoms with van der Waals surface area (Å²) in [6, 6.07) is 5.57. The molecule has 1 aliphatic carbocycles. The highest BCUT2D eigenvalue weighted by atomic mass is 35.5. The van der Waals surface area contributed by atoms with Gasteiger partial charge in [0.15, 0.2) is 0 Å². The monoisotopic (exact) mass is 306 g/mol. The van der Waals surface area contributed by atoms with Gasteiger partial charge in [-0.3, -0.25) is 4.79 Å². The van der Waals surface area contributed by atoms with Crippen molar-refractivity contribution in [2.24, 2.45) is 0 Å². The number of carbonyl (C=O) groups excluding carboxylic acids is 1. The maximum Gasteiger partial charge on any atom is 0.254 e. The van der Waals surface area contributed by atoms with Crippen molar-refractivity contribution < 1.29 is 4.79 Å². The molecule has 3 rings (SSSR count). The predicted octanol–water partition coefficient (Wildman–Crippen LogP) is 3.40. The summed E-state index contributed by atoms with van der Waals surface area (Å²) in [7, 11) is 0. The zero-order valence-corrected chi connectivity index (χ0v) is 13.4. The first kappa shape index (κ1) is 14.9. The van der Waals surface area contributed by atoms with Crippen LogP contribution >= 0.6 is 11.6 Å². The number of rotatable bonds is 1. The molecule has 0 radical (unpaired) electrons. The number of benzene rings is 1. The molecule has 0 bridgehead atoms. The molecule has 1 heterocycles. The molecule has 0 aromatic heterocycles. The quantitative estimate of drug-likeness (QED) is 0.862. The highest BCUT2D eigenvalue weighted by Crippen LogP contribution is 2.35. The van der Waals surface area contributed by atoms with E-state index in [1.54, 1.807) is 0 Å². The number of nitrogens with one attached hydrogen (secondary N) is 1. The van der Waals surface area contributed by atoms with Gasteiger partial charge in [-0.2, -0.15) is 0 Å². The minimum Gasteiger partial charge on any atom is -0.330 e. The zero-order valence-electron chi connectivity index (χ0n) is 12.6. The summed E-state index contributed by atoms with van der Waals surface area (Å²) in [5.41, 5.74) is 1.79. The highest BCUT2D eigenvalue weighted by molar-refractivity contribution is 6.30. The summed E-state index contributed by atoms with van der Waals surface area (Å²) < 4.78 is 0. The van der Waals surface area contributed by atoms with E-state index in [4.69, 9.17) is 11.6 Å². The van der Waals surface area contributed by atoms with Gasteiger partial charge in [0.05, 0.1) is 5.54 Å². The zero-order chi connectivity index (χ0) is 14.9. The van der Waals surface area contributed by atoms with E-state index >= 15 is 0 Å². The van der Waals surface area contributed by atoms with E-state index < -0.39 is 0 Å². The van der Waals surface area contributed by atoms with Gasteiger partial charge in [0.1, 0.15) is 0 Å². The molecule has 2 aliphatic rings. The van der Waals surface area contributed by atoms with Crippen molar-refractivity contribution >= 4 is 17.5 Å². The van der Waals surface area contributed by atoms with E-state index in [0.717, 1.165) is 43.6 Å². The Bertz CT molecular complexity index is 529. The normalized spacial score (nSPS) is 21.5. The second kappa shape index (κ2) is 5.98. The Labute approximate surface area is 131 Å². The summed E-state index contributed by atoms with van der Waals surface area (Å²) in [4.78, 5) is 15.2. The largest absolute Gasteiger partial charge is 0.330 e. The second-order valence-corrected chi connectivity index (χ2v) is 6.81. The van der Waals surface area contributed by atoms with Gasteiger partial charge < -0.3 is 10.2 Å². The van der Waals surface area contributed by atoms with Gasteiger partial charge >= 0.3 is 0 Å². The lowest BCUT2D eigenvalue weighted by Crippen LogP contribution is -2.63. The summed E-state index contributed by atoms with van der Waals surface area (Å²) in [5, 5.41) is 4.18. The van der Waals surface area contributed by atoms with Crippen LogP contribution in [0.2, 0.25) is 5.02 Å². The van der Waals surface area contributed by atoms with Crippen LogP contribution in [-0.4, -0.2) is 36.0 Å². The Morgan fingerprint density at radius 2 is 2.05 bits per heavy atom. The Morgan fingerprint density at radius 3 is 2.76 bits per heavy atom. The first-order valence-electron chi connectivity index (χ1n) is 7.91. The van der Waals surface area contributed by atoms with Crippen molar-refractivity contribution in [2.45, 2.75) is 44.6 Å². The van der Waals surface area contributed by atoms with E-state index in [1.165, 1.54) is 19.3 Å². The second-order valence-electron chi connectivity index (χ2n) is 6.38. The molecule has 1 aliphatic heterocycles. The topological polar surface area (TPSA) is 32.3 Å². The lowest BCUT2D eigenvalue weighted by atomic mass is 9.78. The molecule has 2 fully saturated rings. The predicted molar refractivity (Wildman–Crippen MR) is 85.9 cm³/mol. The van der Waals surface area contributed by atoms with Gasteiger partial charge in [-0.1, -0.05) is 30.9 Å². The number of amides is 1. The smallest absolute Gasteiger partial charge is 0.254 e. The number of aryl methyl sites for hydroxylation is 1. The number of carbonyl (C=O) groups is 1. The Hall–Kier alpha value is -1.06. The van der Waals surface area contributed by atoms with E-state index in [2.05, 4.69) is 10.2 Å². The first-order valence-corrected chi connectivity index (χ1v) is 8.29. The van der Waals surface area contributed by atoms with E-state index in [9.17, 15) is 4.79 Å².